The molecule has 2 aromatic rings. The van der Waals surface area contributed by atoms with Gasteiger partial charge in [-0.3, -0.25) is 4.79 Å². The molecule has 1 aromatic carbocycles. The van der Waals surface area contributed by atoms with Gasteiger partial charge in [0.1, 0.15) is 0 Å². The second-order valence-corrected chi connectivity index (χ2v) is 6.66. The summed E-state index contributed by atoms with van der Waals surface area (Å²) in [7, 11) is 0. The Morgan fingerprint density at radius 2 is 1.68 bits per heavy atom. The SMILES string of the molecule is CC(C)c1ccc([C@@H](NC(=O)COC(=O)c2ccco2)C(C)C)cc1. The highest BCUT2D eigenvalue weighted by Gasteiger charge is 2.20. The van der Waals surface area contributed by atoms with Crippen molar-refractivity contribution >= 4 is 11.9 Å². The van der Waals surface area contributed by atoms with Crippen LogP contribution in [0, 0.1) is 5.92 Å². The summed E-state index contributed by atoms with van der Waals surface area (Å²) in [5.41, 5.74) is 2.29. The number of hydrogen-bond acceptors (Lipinski definition) is 4. The average Bonchev–Trinajstić information content (AvgIpc) is 3.12. The van der Waals surface area contributed by atoms with Crippen LogP contribution in [0.15, 0.2) is 47.1 Å². The Hall–Kier alpha value is -2.56. The normalized spacial score (nSPS) is 12.2. The molecule has 0 bridgehead atoms. The summed E-state index contributed by atoms with van der Waals surface area (Å²) in [6.45, 7) is 8.02. The van der Waals surface area contributed by atoms with E-state index in [0.29, 0.717) is 5.92 Å². The first-order chi connectivity index (χ1) is 11.9. The van der Waals surface area contributed by atoms with Crippen molar-refractivity contribution in [2.75, 3.05) is 6.61 Å². The summed E-state index contributed by atoms with van der Waals surface area (Å²) in [6.07, 6.45) is 1.38. The molecule has 0 aliphatic carbocycles. The van der Waals surface area contributed by atoms with Gasteiger partial charge >= 0.3 is 5.97 Å². The highest BCUT2D eigenvalue weighted by Crippen LogP contribution is 2.24. The minimum absolute atomic E-state index is 0.0810. The number of rotatable bonds is 7. The Bertz CT molecular complexity index is 687. The van der Waals surface area contributed by atoms with Gasteiger partial charge in [0.2, 0.25) is 5.76 Å². The average molecular weight is 343 g/mol. The van der Waals surface area contributed by atoms with Gasteiger partial charge in [-0.1, -0.05) is 52.0 Å². The summed E-state index contributed by atoms with van der Waals surface area (Å²) < 4.78 is 9.91. The Morgan fingerprint density at radius 1 is 1.04 bits per heavy atom. The lowest BCUT2D eigenvalue weighted by Crippen LogP contribution is -2.35. The number of esters is 1. The molecule has 1 heterocycles. The fraction of sp³-hybridized carbons (Fsp3) is 0.400. The smallest absolute Gasteiger partial charge is 0.374 e. The van der Waals surface area contributed by atoms with E-state index in [9.17, 15) is 9.59 Å². The zero-order chi connectivity index (χ0) is 18.4. The van der Waals surface area contributed by atoms with E-state index in [2.05, 4.69) is 31.3 Å². The van der Waals surface area contributed by atoms with Gasteiger partial charge in [0, 0.05) is 0 Å². The van der Waals surface area contributed by atoms with Crippen molar-refractivity contribution in [3.63, 3.8) is 0 Å². The number of ether oxygens (including phenoxy) is 1. The highest BCUT2D eigenvalue weighted by atomic mass is 16.5. The molecule has 0 fully saturated rings. The molecular formula is C20H25NO4. The van der Waals surface area contributed by atoms with Crippen LogP contribution in [-0.4, -0.2) is 18.5 Å². The van der Waals surface area contributed by atoms with Crippen molar-refractivity contribution in [2.45, 2.75) is 39.7 Å². The molecule has 134 valence electrons. The summed E-state index contributed by atoms with van der Waals surface area (Å²) in [5, 5.41) is 2.94. The molecule has 2 rings (SSSR count). The van der Waals surface area contributed by atoms with E-state index < -0.39 is 5.97 Å². The second-order valence-electron chi connectivity index (χ2n) is 6.66. The Balaban J connectivity index is 1.96. The van der Waals surface area contributed by atoms with Gasteiger partial charge in [0.15, 0.2) is 6.61 Å². The van der Waals surface area contributed by atoms with Crippen molar-refractivity contribution < 1.29 is 18.7 Å². The second kappa shape index (κ2) is 8.51. The molecule has 0 spiro atoms. The van der Waals surface area contributed by atoms with E-state index in [0.717, 1.165) is 5.56 Å². The van der Waals surface area contributed by atoms with Gasteiger partial charge in [0.05, 0.1) is 12.3 Å². The summed E-state index contributed by atoms with van der Waals surface area (Å²) in [5.74, 6) is -0.247. The molecule has 5 nitrogen and oxygen atoms in total. The van der Waals surface area contributed by atoms with E-state index in [-0.39, 0.29) is 30.2 Å². The van der Waals surface area contributed by atoms with Crippen molar-refractivity contribution in [3.8, 4) is 0 Å². The quantitative estimate of drug-likeness (QED) is 0.769. The lowest BCUT2D eigenvalue weighted by Gasteiger charge is -2.23. The number of carbonyl (C=O) groups is 2. The number of hydrogen-bond donors (Lipinski definition) is 1. The highest BCUT2D eigenvalue weighted by molar-refractivity contribution is 5.88. The number of furan rings is 1. The van der Waals surface area contributed by atoms with E-state index in [4.69, 9.17) is 9.15 Å². The van der Waals surface area contributed by atoms with E-state index >= 15 is 0 Å². The molecule has 1 aromatic heterocycles. The molecule has 1 N–H and O–H groups in total. The molecule has 0 unspecified atom stereocenters. The van der Waals surface area contributed by atoms with Crippen LogP contribution < -0.4 is 5.32 Å². The summed E-state index contributed by atoms with van der Waals surface area (Å²) >= 11 is 0. The van der Waals surface area contributed by atoms with Crippen molar-refractivity contribution in [2.24, 2.45) is 5.92 Å². The first-order valence-corrected chi connectivity index (χ1v) is 8.48. The number of carbonyl (C=O) groups excluding carboxylic acids is 2. The molecule has 1 atom stereocenters. The van der Waals surface area contributed by atoms with Crippen LogP contribution in [0.5, 0.6) is 0 Å². The number of nitrogens with one attached hydrogen (secondary N) is 1. The Kier molecular flexibility index (Phi) is 6.39. The monoisotopic (exact) mass is 343 g/mol. The van der Waals surface area contributed by atoms with Gasteiger partial charge in [-0.25, -0.2) is 4.79 Å². The van der Waals surface area contributed by atoms with Crippen LogP contribution in [0.4, 0.5) is 0 Å². The third kappa shape index (κ3) is 5.21. The van der Waals surface area contributed by atoms with E-state index in [1.807, 2.05) is 26.0 Å². The van der Waals surface area contributed by atoms with Crippen molar-refractivity contribution in [1.82, 2.24) is 5.32 Å². The fourth-order valence-corrected chi connectivity index (χ4v) is 2.54. The Labute approximate surface area is 148 Å². The third-order valence-corrected chi connectivity index (χ3v) is 4.00. The maximum Gasteiger partial charge on any atom is 0.374 e. The van der Waals surface area contributed by atoms with E-state index in [1.165, 1.54) is 17.9 Å². The zero-order valence-electron chi connectivity index (χ0n) is 15.1. The van der Waals surface area contributed by atoms with Crippen LogP contribution in [0.2, 0.25) is 0 Å². The van der Waals surface area contributed by atoms with Gasteiger partial charge in [-0.05, 0) is 35.1 Å². The molecule has 0 aliphatic rings. The molecule has 0 saturated carbocycles. The standard InChI is InChI=1S/C20H25NO4/c1-13(2)15-7-9-16(10-8-15)19(14(3)4)21-18(22)12-25-20(23)17-6-5-11-24-17/h5-11,13-14,19H,12H2,1-4H3,(H,21,22)/t19-/m0/s1. The van der Waals surface area contributed by atoms with Gasteiger partial charge in [-0.2, -0.15) is 0 Å². The maximum atomic E-state index is 12.2. The molecule has 25 heavy (non-hydrogen) atoms. The minimum Gasteiger partial charge on any atom is -0.457 e. The molecule has 0 radical (unpaired) electrons. The van der Waals surface area contributed by atoms with Crippen LogP contribution in [0.3, 0.4) is 0 Å². The van der Waals surface area contributed by atoms with Crippen LogP contribution in [-0.2, 0) is 9.53 Å². The summed E-state index contributed by atoms with van der Waals surface area (Å²) in [6, 6.07) is 11.2. The third-order valence-electron chi connectivity index (χ3n) is 4.00. The van der Waals surface area contributed by atoms with Gasteiger partial charge < -0.3 is 14.5 Å². The predicted molar refractivity (Wildman–Crippen MR) is 95.2 cm³/mol. The molecule has 1 amide bonds. The first-order valence-electron chi connectivity index (χ1n) is 8.48. The molecular weight excluding hydrogens is 318 g/mol. The Morgan fingerprint density at radius 3 is 2.20 bits per heavy atom. The largest absolute Gasteiger partial charge is 0.457 e. The molecule has 0 aliphatic heterocycles. The zero-order valence-corrected chi connectivity index (χ0v) is 15.1. The van der Waals surface area contributed by atoms with Gasteiger partial charge in [-0.15, -0.1) is 0 Å². The molecule has 0 saturated heterocycles. The minimum atomic E-state index is -0.650. The predicted octanol–water partition coefficient (Wildman–Crippen LogP) is 4.07. The van der Waals surface area contributed by atoms with Crippen molar-refractivity contribution in [1.29, 1.82) is 0 Å². The topological polar surface area (TPSA) is 68.5 Å². The number of amides is 1. The van der Waals surface area contributed by atoms with E-state index in [1.54, 1.807) is 6.07 Å². The molecule has 5 heteroatoms. The number of benzene rings is 1. The van der Waals surface area contributed by atoms with Crippen molar-refractivity contribution in [3.05, 3.63) is 59.5 Å². The van der Waals surface area contributed by atoms with Crippen LogP contribution >= 0.6 is 0 Å². The lowest BCUT2D eigenvalue weighted by atomic mass is 9.93. The maximum absolute atomic E-state index is 12.2. The van der Waals surface area contributed by atoms with Crippen LogP contribution in [0.1, 0.15) is 61.3 Å². The van der Waals surface area contributed by atoms with Crippen LogP contribution in [0.25, 0.3) is 0 Å². The fourth-order valence-electron chi connectivity index (χ4n) is 2.54. The summed E-state index contributed by atoms with van der Waals surface area (Å²) in [4.78, 5) is 23.9. The van der Waals surface area contributed by atoms with Gasteiger partial charge in [0.25, 0.3) is 5.91 Å². The lowest BCUT2D eigenvalue weighted by molar-refractivity contribution is -0.125. The first kappa shape index (κ1) is 18.8.